The number of piperidine rings is 1. The maximum Gasteiger partial charge on any atom is 0.0475 e. The summed E-state index contributed by atoms with van der Waals surface area (Å²) in [4.78, 5) is 2.70. The lowest BCUT2D eigenvalue weighted by molar-refractivity contribution is 0.0673. The van der Waals surface area contributed by atoms with Crippen molar-refractivity contribution in [2.75, 3.05) is 19.6 Å². The lowest BCUT2D eigenvalue weighted by atomic mass is 9.89. The van der Waals surface area contributed by atoms with E-state index in [-0.39, 0.29) is 0 Å². The van der Waals surface area contributed by atoms with Gasteiger partial charge in [0.05, 0.1) is 0 Å². The fourth-order valence-corrected chi connectivity index (χ4v) is 3.19. The second kappa shape index (κ2) is 7.06. The summed E-state index contributed by atoms with van der Waals surface area (Å²) in [7, 11) is 0. The molecule has 3 atom stereocenters. The van der Waals surface area contributed by atoms with Crippen molar-refractivity contribution in [2.45, 2.75) is 45.7 Å². The van der Waals surface area contributed by atoms with Crippen LogP contribution in [0, 0.1) is 5.92 Å². The Morgan fingerprint density at radius 2 is 2.00 bits per heavy atom. The van der Waals surface area contributed by atoms with Crippen molar-refractivity contribution in [3.63, 3.8) is 0 Å². The summed E-state index contributed by atoms with van der Waals surface area (Å²) < 4.78 is 0. The average Bonchev–Trinajstić information content (AvgIpc) is 2.45. The number of hydrogen-bond acceptors (Lipinski definition) is 2. The van der Waals surface area contributed by atoms with E-state index >= 15 is 0 Å². The van der Waals surface area contributed by atoms with Gasteiger partial charge < -0.3 is 5.32 Å². The molecule has 2 nitrogen and oxygen atoms in total. The van der Waals surface area contributed by atoms with Crippen LogP contribution in [0.1, 0.15) is 45.2 Å². The molecule has 2 rings (SSSR count). The van der Waals surface area contributed by atoms with Crippen LogP contribution in [0.25, 0.3) is 0 Å². The zero-order valence-electron chi connectivity index (χ0n) is 12.6. The number of hydrogen-bond donors (Lipinski definition) is 1. The molecule has 0 radical (unpaired) electrons. The summed E-state index contributed by atoms with van der Waals surface area (Å²) in [6.07, 6.45) is 2.71. The van der Waals surface area contributed by atoms with E-state index in [0.29, 0.717) is 12.1 Å². The fraction of sp³-hybridized carbons (Fsp3) is 0.647. The van der Waals surface area contributed by atoms with Crippen molar-refractivity contribution >= 4 is 0 Å². The van der Waals surface area contributed by atoms with Gasteiger partial charge in [-0.25, -0.2) is 0 Å². The van der Waals surface area contributed by atoms with Crippen LogP contribution in [0.5, 0.6) is 0 Å². The third-order valence-corrected chi connectivity index (χ3v) is 4.59. The number of likely N-dealkylation sites (N-methyl/N-ethyl adjacent to an activating group) is 1. The van der Waals surface area contributed by atoms with Gasteiger partial charge in [0.1, 0.15) is 0 Å². The standard InChI is InChI=1S/C17H28N2/c1-4-18-13-17(16-10-6-5-7-11-16)19-12-8-9-14(2)15(19)3/h5-7,10-11,14-15,17-18H,4,8-9,12-13H2,1-3H3. The van der Waals surface area contributed by atoms with Crippen LogP contribution in [0.4, 0.5) is 0 Å². The molecule has 1 heterocycles. The molecule has 1 saturated heterocycles. The normalized spacial score (nSPS) is 26.3. The maximum absolute atomic E-state index is 3.54. The van der Waals surface area contributed by atoms with Crippen LogP contribution in [-0.4, -0.2) is 30.6 Å². The predicted molar refractivity (Wildman–Crippen MR) is 82.3 cm³/mol. The fourth-order valence-electron chi connectivity index (χ4n) is 3.19. The van der Waals surface area contributed by atoms with E-state index in [2.05, 4.69) is 61.3 Å². The van der Waals surface area contributed by atoms with E-state index in [1.807, 2.05) is 0 Å². The molecule has 0 saturated carbocycles. The molecule has 0 aliphatic carbocycles. The van der Waals surface area contributed by atoms with Gasteiger partial charge in [-0.1, -0.05) is 44.2 Å². The molecule has 2 heteroatoms. The molecule has 0 spiro atoms. The molecule has 0 aromatic heterocycles. The van der Waals surface area contributed by atoms with E-state index in [9.17, 15) is 0 Å². The minimum Gasteiger partial charge on any atom is -0.315 e. The van der Waals surface area contributed by atoms with Gasteiger partial charge in [0.2, 0.25) is 0 Å². The van der Waals surface area contributed by atoms with Crippen molar-refractivity contribution in [2.24, 2.45) is 5.92 Å². The topological polar surface area (TPSA) is 15.3 Å². The third-order valence-electron chi connectivity index (χ3n) is 4.59. The van der Waals surface area contributed by atoms with Crippen molar-refractivity contribution in [3.05, 3.63) is 35.9 Å². The van der Waals surface area contributed by atoms with Crippen LogP contribution in [-0.2, 0) is 0 Å². The van der Waals surface area contributed by atoms with Gasteiger partial charge in [0.25, 0.3) is 0 Å². The Morgan fingerprint density at radius 1 is 1.26 bits per heavy atom. The number of nitrogens with zero attached hydrogens (tertiary/aromatic N) is 1. The first-order chi connectivity index (χ1) is 9.24. The molecular formula is C17H28N2. The monoisotopic (exact) mass is 260 g/mol. The first-order valence-corrected chi connectivity index (χ1v) is 7.75. The molecule has 3 unspecified atom stereocenters. The largest absolute Gasteiger partial charge is 0.315 e. The highest BCUT2D eigenvalue weighted by molar-refractivity contribution is 5.20. The van der Waals surface area contributed by atoms with Crippen LogP contribution in [0.15, 0.2) is 30.3 Å². The van der Waals surface area contributed by atoms with Gasteiger partial charge in [0, 0.05) is 18.6 Å². The summed E-state index contributed by atoms with van der Waals surface area (Å²) >= 11 is 0. The van der Waals surface area contributed by atoms with Crippen molar-refractivity contribution in [3.8, 4) is 0 Å². The Balaban J connectivity index is 2.17. The van der Waals surface area contributed by atoms with Crippen molar-refractivity contribution < 1.29 is 0 Å². The van der Waals surface area contributed by atoms with E-state index in [0.717, 1.165) is 19.0 Å². The second-order valence-electron chi connectivity index (χ2n) is 5.83. The minimum absolute atomic E-state index is 0.513. The SMILES string of the molecule is CCNCC(c1ccccc1)N1CCCC(C)C1C. The highest BCUT2D eigenvalue weighted by Crippen LogP contribution is 2.31. The number of benzene rings is 1. The summed E-state index contributed by atoms with van der Waals surface area (Å²) in [6.45, 7) is 10.3. The molecule has 1 aliphatic rings. The molecule has 0 amide bonds. The van der Waals surface area contributed by atoms with Gasteiger partial charge in [0.15, 0.2) is 0 Å². The van der Waals surface area contributed by atoms with Crippen molar-refractivity contribution in [1.29, 1.82) is 0 Å². The van der Waals surface area contributed by atoms with Crippen LogP contribution >= 0.6 is 0 Å². The lowest BCUT2D eigenvalue weighted by Crippen LogP contribution is -2.47. The zero-order valence-corrected chi connectivity index (χ0v) is 12.6. The molecule has 0 bridgehead atoms. The predicted octanol–water partition coefficient (Wildman–Crippen LogP) is 3.46. The third kappa shape index (κ3) is 3.58. The van der Waals surface area contributed by atoms with E-state index in [1.54, 1.807) is 0 Å². The highest BCUT2D eigenvalue weighted by atomic mass is 15.2. The second-order valence-corrected chi connectivity index (χ2v) is 5.83. The van der Waals surface area contributed by atoms with Crippen LogP contribution in [0.2, 0.25) is 0 Å². The van der Waals surface area contributed by atoms with E-state index < -0.39 is 0 Å². The van der Waals surface area contributed by atoms with Gasteiger partial charge in [-0.3, -0.25) is 4.90 Å². The van der Waals surface area contributed by atoms with Gasteiger partial charge >= 0.3 is 0 Å². The molecular weight excluding hydrogens is 232 g/mol. The smallest absolute Gasteiger partial charge is 0.0475 e. The van der Waals surface area contributed by atoms with Crippen LogP contribution < -0.4 is 5.32 Å². The summed E-state index contributed by atoms with van der Waals surface area (Å²) in [6, 6.07) is 12.2. The Hall–Kier alpha value is -0.860. The van der Waals surface area contributed by atoms with Gasteiger partial charge in [-0.15, -0.1) is 0 Å². The minimum atomic E-state index is 0.513. The first-order valence-electron chi connectivity index (χ1n) is 7.75. The highest BCUT2D eigenvalue weighted by Gasteiger charge is 2.30. The molecule has 1 aliphatic heterocycles. The quantitative estimate of drug-likeness (QED) is 0.872. The number of rotatable bonds is 5. The average molecular weight is 260 g/mol. The molecule has 1 aromatic rings. The van der Waals surface area contributed by atoms with E-state index in [4.69, 9.17) is 0 Å². The van der Waals surface area contributed by atoms with Gasteiger partial charge in [-0.05, 0) is 44.3 Å². The molecule has 1 aromatic carbocycles. The number of likely N-dealkylation sites (tertiary alicyclic amines) is 1. The maximum atomic E-state index is 3.54. The number of nitrogens with one attached hydrogen (secondary N) is 1. The Bertz CT molecular complexity index is 363. The molecule has 19 heavy (non-hydrogen) atoms. The molecule has 1 fully saturated rings. The van der Waals surface area contributed by atoms with Gasteiger partial charge in [-0.2, -0.15) is 0 Å². The van der Waals surface area contributed by atoms with E-state index in [1.165, 1.54) is 24.9 Å². The summed E-state index contributed by atoms with van der Waals surface area (Å²) in [5.41, 5.74) is 1.45. The first kappa shape index (κ1) is 14.5. The molecule has 1 N–H and O–H groups in total. The Labute approximate surface area is 118 Å². The Kier molecular flexibility index (Phi) is 5.41. The Morgan fingerprint density at radius 3 is 2.68 bits per heavy atom. The van der Waals surface area contributed by atoms with Crippen LogP contribution in [0.3, 0.4) is 0 Å². The van der Waals surface area contributed by atoms with Crippen molar-refractivity contribution in [1.82, 2.24) is 10.2 Å². The summed E-state index contributed by atoms with van der Waals surface area (Å²) in [5.74, 6) is 0.807. The summed E-state index contributed by atoms with van der Waals surface area (Å²) in [5, 5.41) is 3.54. The lowest BCUT2D eigenvalue weighted by Gasteiger charge is -2.43. The zero-order chi connectivity index (χ0) is 13.7. The molecule has 106 valence electrons.